The Hall–Kier alpha value is -4.21. The summed E-state index contributed by atoms with van der Waals surface area (Å²) >= 11 is 0. The van der Waals surface area contributed by atoms with Gasteiger partial charge in [0.05, 0.1) is 6.20 Å². The molecule has 2 heterocycles. The minimum absolute atomic E-state index is 0. The van der Waals surface area contributed by atoms with E-state index in [4.69, 9.17) is 4.74 Å². The van der Waals surface area contributed by atoms with Crippen LogP contribution in [0.3, 0.4) is 0 Å². The van der Waals surface area contributed by atoms with E-state index in [-0.39, 0.29) is 21.1 Å². The molecule has 0 aliphatic rings. The largest absolute Gasteiger partial charge is 0.510 e. The van der Waals surface area contributed by atoms with E-state index in [2.05, 4.69) is 77.1 Å². The second-order valence-corrected chi connectivity index (χ2v) is 7.89. The minimum Gasteiger partial charge on any atom is -0.510 e. The van der Waals surface area contributed by atoms with Crippen molar-refractivity contribution in [3.63, 3.8) is 0 Å². The van der Waals surface area contributed by atoms with E-state index in [0.717, 1.165) is 22.5 Å². The first-order chi connectivity index (χ1) is 17.3. The van der Waals surface area contributed by atoms with Gasteiger partial charge in [0.2, 0.25) is 0 Å². The molecule has 2 aromatic heterocycles. The van der Waals surface area contributed by atoms with Crippen molar-refractivity contribution in [2.75, 3.05) is 0 Å². The number of nitrogens with zero attached hydrogens (tertiary/aromatic N) is 4. The Balaban J connectivity index is 0.00000267. The van der Waals surface area contributed by atoms with Gasteiger partial charge >= 0.3 is 0 Å². The third kappa shape index (κ3) is 5.07. The van der Waals surface area contributed by atoms with Crippen LogP contribution in [0.5, 0.6) is 11.5 Å². The van der Waals surface area contributed by atoms with E-state index >= 15 is 0 Å². The molecule has 6 aromatic rings. The number of ether oxygens (including phenoxy) is 1. The van der Waals surface area contributed by atoms with Crippen molar-refractivity contribution >= 4 is 0 Å². The van der Waals surface area contributed by atoms with Crippen LogP contribution in [-0.4, -0.2) is 19.6 Å². The van der Waals surface area contributed by atoms with E-state index in [1.54, 1.807) is 21.6 Å². The molecule has 0 spiro atoms. The molecule has 0 radical (unpaired) electrons. The van der Waals surface area contributed by atoms with E-state index in [1.165, 1.54) is 11.1 Å². The van der Waals surface area contributed by atoms with Crippen molar-refractivity contribution in [2.45, 2.75) is 0 Å². The van der Waals surface area contributed by atoms with Crippen molar-refractivity contribution < 1.29 is 25.8 Å². The average Bonchev–Trinajstić information content (AvgIpc) is 3.63. The van der Waals surface area contributed by atoms with Crippen LogP contribution in [0, 0.1) is 18.3 Å². The topological polar surface area (TPSA) is 44.9 Å². The Kier molecular flexibility index (Phi) is 6.92. The molecule has 4 aromatic carbocycles. The molecule has 0 saturated heterocycles. The standard InChI is InChI=1S/C30H19N4O.Pt/c1-2-7-23(8-3-1)24-13-15-25(16-14-24)26-21-32-34(22-26)28-10-5-12-30(20-28)35-29-11-4-9-27(19-29)33-18-6-17-31-33;/h1-17,21-22H;/q-3;. The molecule has 5 nitrogen and oxygen atoms in total. The van der Waals surface area contributed by atoms with Crippen molar-refractivity contribution in [1.82, 2.24) is 19.6 Å². The number of rotatable bonds is 6. The number of benzene rings is 4. The summed E-state index contributed by atoms with van der Waals surface area (Å²) in [7, 11) is 0. The van der Waals surface area contributed by atoms with Gasteiger partial charge in [-0.3, -0.25) is 9.78 Å². The Morgan fingerprint density at radius 2 is 1.25 bits per heavy atom. The van der Waals surface area contributed by atoms with Gasteiger partial charge in [0, 0.05) is 44.3 Å². The zero-order valence-corrected chi connectivity index (χ0v) is 21.3. The fraction of sp³-hybridized carbons (Fsp3) is 0. The first-order valence-corrected chi connectivity index (χ1v) is 11.2. The summed E-state index contributed by atoms with van der Waals surface area (Å²) in [5.41, 5.74) is 6.05. The fourth-order valence-corrected chi connectivity index (χ4v) is 3.83. The molecule has 0 bridgehead atoms. The van der Waals surface area contributed by atoms with Crippen molar-refractivity contribution in [3.05, 3.63) is 134 Å². The maximum absolute atomic E-state index is 6.02. The molecule has 0 fully saturated rings. The Morgan fingerprint density at radius 1 is 0.611 bits per heavy atom. The van der Waals surface area contributed by atoms with Crippen LogP contribution >= 0.6 is 0 Å². The molecule has 0 amide bonds. The SMILES string of the molecule is [Pt].[c-]1c(Oc2[c-]c(-n3cc(-c4ccc(-c5ccccc5)cc4)cn3)ccc2)cccc1-n1[c-]ccn1. The zero-order chi connectivity index (χ0) is 23.5. The predicted octanol–water partition coefficient (Wildman–Crippen LogP) is 6.58. The van der Waals surface area contributed by atoms with Gasteiger partial charge in [-0.15, -0.1) is 36.0 Å². The van der Waals surface area contributed by atoms with E-state index < -0.39 is 0 Å². The van der Waals surface area contributed by atoms with Gasteiger partial charge in [0.15, 0.2) is 0 Å². The van der Waals surface area contributed by atoms with Crippen LogP contribution in [0.1, 0.15) is 0 Å². The summed E-state index contributed by atoms with van der Waals surface area (Å²) in [6, 6.07) is 38.4. The van der Waals surface area contributed by atoms with E-state index in [9.17, 15) is 0 Å². The quantitative estimate of drug-likeness (QED) is 0.192. The first-order valence-electron chi connectivity index (χ1n) is 11.2. The average molecular weight is 647 g/mol. The number of hydrogen-bond acceptors (Lipinski definition) is 3. The maximum Gasteiger partial charge on any atom is 0.0571 e. The second kappa shape index (κ2) is 10.6. The van der Waals surface area contributed by atoms with E-state index in [0.29, 0.717) is 11.5 Å². The molecule has 6 rings (SSSR count). The Morgan fingerprint density at radius 3 is 1.94 bits per heavy atom. The molecule has 0 aliphatic heterocycles. The van der Waals surface area contributed by atoms with Crippen LogP contribution in [-0.2, 0) is 21.1 Å². The van der Waals surface area contributed by atoms with Gasteiger partial charge < -0.3 is 9.42 Å². The van der Waals surface area contributed by atoms with Gasteiger partial charge in [0.1, 0.15) is 0 Å². The minimum atomic E-state index is 0. The van der Waals surface area contributed by atoms with Gasteiger partial charge in [-0.05, 0) is 22.4 Å². The third-order valence-electron chi connectivity index (χ3n) is 5.56. The summed E-state index contributed by atoms with van der Waals surface area (Å²) in [4.78, 5) is 0. The van der Waals surface area contributed by atoms with Gasteiger partial charge in [-0.1, -0.05) is 67.0 Å². The summed E-state index contributed by atoms with van der Waals surface area (Å²) in [5, 5.41) is 8.74. The van der Waals surface area contributed by atoms with Gasteiger partial charge in [-0.2, -0.15) is 23.3 Å². The Bertz CT molecular complexity index is 1560. The third-order valence-corrected chi connectivity index (χ3v) is 5.56. The fourth-order valence-electron chi connectivity index (χ4n) is 3.83. The number of hydrogen-bond donors (Lipinski definition) is 0. The van der Waals surface area contributed by atoms with Crippen LogP contribution in [0.2, 0.25) is 0 Å². The van der Waals surface area contributed by atoms with Crippen molar-refractivity contribution in [1.29, 1.82) is 0 Å². The first kappa shape index (κ1) is 23.5. The molecule has 0 atom stereocenters. The van der Waals surface area contributed by atoms with Crippen molar-refractivity contribution in [2.24, 2.45) is 0 Å². The Labute approximate surface area is 223 Å². The normalized spacial score (nSPS) is 10.6. The summed E-state index contributed by atoms with van der Waals surface area (Å²) in [5.74, 6) is 1.14. The summed E-state index contributed by atoms with van der Waals surface area (Å²) in [6.45, 7) is 0. The monoisotopic (exact) mass is 646 g/mol. The number of aromatic nitrogens is 4. The van der Waals surface area contributed by atoms with Crippen LogP contribution in [0.4, 0.5) is 0 Å². The molecule has 0 aliphatic carbocycles. The van der Waals surface area contributed by atoms with Crippen LogP contribution in [0.25, 0.3) is 33.6 Å². The molecular weight excluding hydrogens is 627 g/mol. The molecule has 178 valence electrons. The van der Waals surface area contributed by atoms with Crippen LogP contribution in [0.15, 0.2) is 116 Å². The molecule has 36 heavy (non-hydrogen) atoms. The van der Waals surface area contributed by atoms with Gasteiger partial charge in [0.25, 0.3) is 0 Å². The van der Waals surface area contributed by atoms with E-state index in [1.807, 2.05) is 54.9 Å². The zero-order valence-electron chi connectivity index (χ0n) is 19.0. The maximum atomic E-state index is 6.02. The molecule has 0 N–H and O–H groups in total. The van der Waals surface area contributed by atoms with Crippen LogP contribution < -0.4 is 4.74 Å². The molecule has 6 heteroatoms. The van der Waals surface area contributed by atoms with Crippen molar-refractivity contribution in [3.8, 4) is 45.1 Å². The predicted molar refractivity (Wildman–Crippen MR) is 135 cm³/mol. The molecule has 0 unspecified atom stereocenters. The summed E-state index contributed by atoms with van der Waals surface area (Å²) < 4.78 is 9.43. The second-order valence-electron chi connectivity index (χ2n) is 7.89. The van der Waals surface area contributed by atoms with Gasteiger partial charge in [-0.25, -0.2) is 6.07 Å². The summed E-state index contributed by atoms with van der Waals surface area (Å²) in [6.07, 6.45) is 8.53. The smallest absolute Gasteiger partial charge is 0.0571 e. The molecular formula is C30H19N4OPt-3. The molecule has 0 saturated carbocycles.